The molecular weight excluding hydrogens is 286 g/mol. The third kappa shape index (κ3) is 2.87. The van der Waals surface area contributed by atoms with Gasteiger partial charge in [0.1, 0.15) is 5.58 Å². The van der Waals surface area contributed by atoms with E-state index in [2.05, 4.69) is 31.3 Å². The van der Waals surface area contributed by atoms with Gasteiger partial charge in [0.2, 0.25) is 0 Å². The summed E-state index contributed by atoms with van der Waals surface area (Å²) in [4.78, 5) is 12.6. The predicted octanol–water partition coefficient (Wildman–Crippen LogP) is 5.12. The Hall–Kier alpha value is -2.55. The number of benzene rings is 2. The number of amides is 1. The maximum absolute atomic E-state index is 12.6. The topological polar surface area (TPSA) is 42.2 Å². The van der Waals surface area contributed by atoms with E-state index in [1.165, 1.54) is 0 Å². The number of hydrogen-bond donors (Lipinski definition) is 1. The third-order valence-electron chi connectivity index (χ3n) is 4.20. The lowest BCUT2D eigenvalue weighted by atomic mass is 10.0. The standard InChI is InChI=1S/C20H21NO2/c1-4-14-9-7-10-15(5-2)18(14)21-20(22)17-12-16-11-6-8-13(3)19(16)23-17/h6-12H,4-5H2,1-3H3,(H,21,22). The van der Waals surface area contributed by atoms with Crippen molar-refractivity contribution in [1.29, 1.82) is 0 Å². The van der Waals surface area contributed by atoms with Crippen molar-refractivity contribution in [2.75, 3.05) is 5.32 Å². The first kappa shape index (κ1) is 15.3. The van der Waals surface area contributed by atoms with Crippen LogP contribution >= 0.6 is 0 Å². The molecule has 0 spiro atoms. The number of carbonyl (C=O) groups is 1. The lowest BCUT2D eigenvalue weighted by Gasteiger charge is -2.13. The van der Waals surface area contributed by atoms with Crippen molar-refractivity contribution in [2.24, 2.45) is 0 Å². The highest BCUT2D eigenvalue weighted by atomic mass is 16.3. The number of hydrogen-bond acceptors (Lipinski definition) is 2. The summed E-state index contributed by atoms with van der Waals surface area (Å²) >= 11 is 0. The number of nitrogens with one attached hydrogen (secondary N) is 1. The third-order valence-corrected chi connectivity index (χ3v) is 4.20. The van der Waals surface area contributed by atoms with Crippen molar-refractivity contribution in [3.8, 4) is 0 Å². The van der Waals surface area contributed by atoms with Gasteiger partial charge in [-0.1, -0.05) is 50.2 Å². The summed E-state index contributed by atoms with van der Waals surface area (Å²) in [7, 11) is 0. The maximum Gasteiger partial charge on any atom is 0.291 e. The van der Waals surface area contributed by atoms with Crippen LogP contribution in [0.25, 0.3) is 11.0 Å². The molecule has 3 heteroatoms. The highest BCUT2D eigenvalue weighted by Crippen LogP contribution is 2.26. The van der Waals surface area contributed by atoms with Gasteiger partial charge in [-0.15, -0.1) is 0 Å². The molecule has 0 saturated heterocycles. The molecule has 0 radical (unpaired) electrons. The van der Waals surface area contributed by atoms with E-state index >= 15 is 0 Å². The number of rotatable bonds is 4. The molecular formula is C20H21NO2. The van der Waals surface area contributed by atoms with E-state index in [1.54, 1.807) is 6.07 Å². The van der Waals surface area contributed by atoms with Gasteiger partial charge in [-0.2, -0.15) is 0 Å². The minimum absolute atomic E-state index is 0.198. The first-order valence-corrected chi connectivity index (χ1v) is 8.05. The number of fused-ring (bicyclic) bond motifs is 1. The molecule has 0 aliphatic carbocycles. The summed E-state index contributed by atoms with van der Waals surface area (Å²) in [6.07, 6.45) is 1.76. The van der Waals surface area contributed by atoms with Gasteiger partial charge in [0.05, 0.1) is 0 Å². The summed E-state index contributed by atoms with van der Waals surface area (Å²) in [6, 6.07) is 13.9. The Labute approximate surface area is 136 Å². The molecule has 0 fully saturated rings. The lowest BCUT2D eigenvalue weighted by Crippen LogP contribution is -2.14. The second-order valence-electron chi connectivity index (χ2n) is 5.72. The van der Waals surface area contributed by atoms with E-state index in [0.29, 0.717) is 5.76 Å². The molecule has 23 heavy (non-hydrogen) atoms. The zero-order valence-corrected chi connectivity index (χ0v) is 13.8. The van der Waals surface area contributed by atoms with Crippen LogP contribution in [-0.2, 0) is 12.8 Å². The van der Waals surface area contributed by atoms with Crippen LogP contribution in [0.1, 0.15) is 41.1 Å². The number of para-hydroxylation sites is 2. The Balaban J connectivity index is 1.96. The molecule has 0 atom stereocenters. The number of aryl methyl sites for hydroxylation is 3. The number of anilines is 1. The zero-order chi connectivity index (χ0) is 16.4. The average Bonchev–Trinajstić information content (AvgIpc) is 3.01. The number of furan rings is 1. The molecule has 2 aromatic carbocycles. The van der Waals surface area contributed by atoms with Crippen LogP contribution in [-0.4, -0.2) is 5.91 Å². The smallest absolute Gasteiger partial charge is 0.291 e. The van der Waals surface area contributed by atoms with Crippen molar-refractivity contribution in [3.63, 3.8) is 0 Å². The normalized spacial score (nSPS) is 10.9. The van der Waals surface area contributed by atoms with Crippen molar-refractivity contribution in [2.45, 2.75) is 33.6 Å². The predicted molar refractivity (Wildman–Crippen MR) is 94.1 cm³/mol. The van der Waals surface area contributed by atoms with Gasteiger partial charge in [0.15, 0.2) is 5.76 Å². The van der Waals surface area contributed by atoms with E-state index in [1.807, 2.05) is 31.2 Å². The van der Waals surface area contributed by atoms with Gasteiger partial charge in [0, 0.05) is 11.1 Å². The first-order valence-electron chi connectivity index (χ1n) is 8.05. The van der Waals surface area contributed by atoms with Crippen molar-refractivity contribution in [3.05, 3.63) is 64.9 Å². The Kier molecular flexibility index (Phi) is 4.20. The van der Waals surface area contributed by atoms with Crippen LogP contribution < -0.4 is 5.32 Å². The minimum atomic E-state index is -0.198. The van der Waals surface area contributed by atoms with Gasteiger partial charge in [-0.25, -0.2) is 0 Å². The molecule has 3 rings (SSSR count). The summed E-state index contributed by atoms with van der Waals surface area (Å²) in [5, 5.41) is 4.00. The summed E-state index contributed by atoms with van der Waals surface area (Å²) in [5.74, 6) is 0.151. The number of carbonyl (C=O) groups excluding carboxylic acids is 1. The van der Waals surface area contributed by atoms with E-state index in [-0.39, 0.29) is 5.91 Å². The fraction of sp³-hybridized carbons (Fsp3) is 0.250. The summed E-state index contributed by atoms with van der Waals surface area (Å²) < 4.78 is 5.77. The molecule has 0 aliphatic rings. The highest BCUT2D eigenvalue weighted by Gasteiger charge is 2.16. The maximum atomic E-state index is 12.6. The fourth-order valence-electron chi connectivity index (χ4n) is 2.90. The minimum Gasteiger partial charge on any atom is -0.451 e. The van der Waals surface area contributed by atoms with Gasteiger partial charge >= 0.3 is 0 Å². The highest BCUT2D eigenvalue weighted by molar-refractivity contribution is 6.05. The van der Waals surface area contributed by atoms with Crippen LogP contribution in [0.5, 0.6) is 0 Å². The van der Waals surface area contributed by atoms with Gasteiger partial charge in [-0.05, 0) is 42.5 Å². The second kappa shape index (κ2) is 6.29. The molecule has 3 nitrogen and oxygen atoms in total. The summed E-state index contributed by atoms with van der Waals surface area (Å²) in [5.41, 5.74) is 5.01. The molecule has 0 bridgehead atoms. The van der Waals surface area contributed by atoms with Gasteiger partial charge < -0.3 is 9.73 Å². The Morgan fingerprint density at radius 1 is 1.04 bits per heavy atom. The molecule has 1 heterocycles. The molecule has 118 valence electrons. The lowest BCUT2D eigenvalue weighted by molar-refractivity contribution is 0.0998. The van der Waals surface area contributed by atoms with E-state index in [4.69, 9.17) is 4.42 Å². The van der Waals surface area contributed by atoms with E-state index in [0.717, 1.165) is 46.2 Å². The van der Waals surface area contributed by atoms with Gasteiger partial charge in [-0.3, -0.25) is 4.79 Å². The molecule has 1 aromatic heterocycles. The zero-order valence-electron chi connectivity index (χ0n) is 13.8. The average molecular weight is 307 g/mol. The monoisotopic (exact) mass is 307 g/mol. The molecule has 1 N–H and O–H groups in total. The van der Waals surface area contributed by atoms with Crippen molar-refractivity contribution < 1.29 is 9.21 Å². The molecule has 0 saturated carbocycles. The molecule has 0 aliphatic heterocycles. The van der Waals surface area contributed by atoms with Crippen molar-refractivity contribution >= 4 is 22.6 Å². The molecule has 1 amide bonds. The van der Waals surface area contributed by atoms with Gasteiger partial charge in [0.25, 0.3) is 5.91 Å². The summed E-state index contributed by atoms with van der Waals surface area (Å²) in [6.45, 7) is 6.17. The SMILES string of the molecule is CCc1cccc(CC)c1NC(=O)c1cc2cccc(C)c2o1. The second-order valence-corrected chi connectivity index (χ2v) is 5.72. The Bertz CT molecular complexity index is 839. The quantitative estimate of drug-likeness (QED) is 0.727. The van der Waals surface area contributed by atoms with Crippen LogP contribution in [0.15, 0.2) is 46.9 Å². The van der Waals surface area contributed by atoms with E-state index in [9.17, 15) is 4.79 Å². The van der Waals surface area contributed by atoms with E-state index < -0.39 is 0 Å². The Morgan fingerprint density at radius 3 is 2.30 bits per heavy atom. The van der Waals surface area contributed by atoms with Crippen LogP contribution in [0.3, 0.4) is 0 Å². The van der Waals surface area contributed by atoms with Crippen LogP contribution in [0.4, 0.5) is 5.69 Å². The van der Waals surface area contributed by atoms with Crippen LogP contribution in [0, 0.1) is 6.92 Å². The Morgan fingerprint density at radius 2 is 1.70 bits per heavy atom. The first-order chi connectivity index (χ1) is 11.1. The fourth-order valence-corrected chi connectivity index (χ4v) is 2.90. The van der Waals surface area contributed by atoms with Crippen molar-refractivity contribution in [1.82, 2.24) is 0 Å². The van der Waals surface area contributed by atoms with Crippen LogP contribution in [0.2, 0.25) is 0 Å². The largest absolute Gasteiger partial charge is 0.451 e. The molecule has 3 aromatic rings. The molecule has 0 unspecified atom stereocenters.